The van der Waals surface area contributed by atoms with E-state index in [1.807, 2.05) is 7.05 Å². The number of aliphatic carboxylic acids is 1. The zero-order chi connectivity index (χ0) is 30.8. The monoisotopic (exact) mass is 629 g/mol. The molecule has 13 heteroatoms. The van der Waals surface area contributed by atoms with Crippen molar-refractivity contribution in [1.82, 2.24) is 19.2 Å². The lowest BCUT2D eigenvalue weighted by atomic mass is 9.87. The second kappa shape index (κ2) is 12.8. The Morgan fingerprint density at radius 2 is 1.74 bits per heavy atom. The predicted molar refractivity (Wildman–Crippen MR) is 165 cm³/mol. The molecule has 1 aliphatic carbocycles. The quantitative estimate of drug-likeness (QED) is 0.315. The molecule has 0 unspecified atom stereocenters. The Hall–Kier alpha value is -3.13. The first kappa shape index (κ1) is 31.3. The molecular formula is C30H39N5O6S2. The van der Waals surface area contributed by atoms with Gasteiger partial charge in [-0.05, 0) is 57.0 Å². The molecule has 2 aliphatic rings. The number of thiazole rings is 1. The van der Waals surface area contributed by atoms with Crippen LogP contribution in [0.1, 0.15) is 57.4 Å². The van der Waals surface area contributed by atoms with E-state index in [-0.39, 0.29) is 23.3 Å². The van der Waals surface area contributed by atoms with Gasteiger partial charge in [-0.25, -0.2) is 18.4 Å². The molecule has 5 rings (SSSR count). The summed E-state index contributed by atoms with van der Waals surface area (Å²) in [6, 6.07) is 10.1. The zero-order valence-electron chi connectivity index (χ0n) is 24.8. The van der Waals surface area contributed by atoms with Crippen molar-refractivity contribution in [2.24, 2.45) is 11.3 Å². The molecule has 1 saturated carbocycles. The number of aromatic nitrogens is 2. The molecular weight excluding hydrogens is 590 g/mol. The van der Waals surface area contributed by atoms with E-state index in [9.17, 15) is 23.1 Å². The maximum Gasteiger partial charge on any atom is 0.312 e. The Morgan fingerprint density at radius 1 is 1.07 bits per heavy atom. The van der Waals surface area contributed by atoms with Crippen LogP contribution in [0, 0.1) is 11.3 Å². The van der Waals surface area contributed by atoms with Crippen LogP contribution in [-0.4, -0.2) is 84.4 Å². The van der Waals surface area contributed by atoms with Crippen LogP contribution in [0.3, 0.4) is 0 Å². The molecule has 1 atom stereocenters. The Bertz CT molecular complexity index is 1560. The van der Waals surface area contributed by atoms with Crippen molar-refractivity contribution in [2.45, 2.75) is 56.8 Å². The number of rotatable bonds is 11. The van der Waals surface area contributed by atoms with Crippen LogP contribution < -0.4 is 10.1 Å². The number of ether oxygens (including phenoxy) is 1. The first-order chi connectivity index (χ1) is 20.4. The Morgan fingerprint density at radius 3 is 2.40 bits per heavy atom. The molecule has 1 amide bonds. The number of hydrogen-bond acceptors (Lipinski definition) is 9. The molecule has 2 fully saturated rings. The van der Waals surface area contributed by atoms with Crippen LogP contribution in [0.25, 0.3) is 10.3 Å². The maximum atomic E-state index is 13.7. The van der Waals surface area contributed by atoms with Crippen LogP contribution in [0.4, 0.5) is 5.13 Å². The van der Waals surface area contributed by atoms with E-state index in [2.05, 4.69) is 20.2 Å². The van der Waals surface area contributed by atoms with Crippen LogP contribution in [0.5, 0.6) is 5.88 Å². The highest BCUT2D eigenvalue weighted by Gasteiger charge is 2.31. The van der Waals surface area contributed by atoms with Crippen molar-refractivity contribution >= 4 is 48.7 Å². The van der Waals surface area contributed by atoms with Gasteiger partial charge in [0.1, 0.15) is 17.0 Å². The predicted octanol–water partition coefficient (Wildman–Crippen LogP) is 4.42. The third-order valence-electron chi connectivity index (χ3n) is 8.36. The number of likely N-dealkylation sites (N-methyl/N-ethyl adjacent to an activating group) is 1. The number of piperazine rings is 1. The zero-order valence-corrected chi connectivity index (χ0v) is 26.4. The molecule has 1 aliphatic heterocycles. The summed E-state index contributed by atoms with van der Waals surface area (Å²) >= 11 is 1.22. The average Bonchev–Trinajstić information content (AvgIpc) is 3.64. The molecule has 232 valence electrons. The fourth-order valence-electron chi connectivity index (χ4n) is 5.47. The lowest BCUT2D eigenvalue weighted by molar-refractivity contribution is -0.148. The SMILES string of the molecule is CN1CCN(S(=O)(=O)c2ccc([C@@H](CC3CCCC3)C(=O)Nc3nc4ccc(OCC(C)(C)C(=O)O)nc4s3)cc2)CC1. The average molecular weight is 630 g/mol. The lowest BCUT2D eigenvalue weighted by Gasteiger charge is -2.31. The molecule has 11 nitrogen and oxygen atoms in total. The smallest absolute Gasteiger partial charge is 0.312 e. The van der Waals surface area contributed by atoms with Gasteiger partial charge in [0, 0.05) is 32.2 Å². The number of nitrogens with one attached hydrogen (secondary N) is 1. The van der Waals surface area contributed by atoms with Crippen LogP contribution in [0.2, 0.25) is 0 Å². The number of benzene rings is 1. The normalized spacial score (nSPS) is 18.1. The highest BCUT2D eigenvalue weighted by molar-refractivity contribution is 7.89. The van der Waals surface area contributed by atoms with E-state index in [1.165, 1.54) is 15.6 Å². The molecule has 43 heavy (non-hydrogen) atoms. The molecule has 3 heterocycles. The van der Waals surface area contributed by atoms with Gasteiger partial charge in [0.2, 0.25) is 21.8 Å². The Kier molecular flexibility index (Phi) is 9.35. The summed E-state index contributed by atoms with van der Waals surface area (Å²) in [5.41, 5.74) is 0.304. The summed E-state index contributed by atoms with van der Waals surface area (Å²) in [6.07, 6.45) is 5.13. The Balaban J connectivity index is 1.32. The number of amides is 1. The fraction of sp³-hybridized carbons (Fsp3) is 0.533. The summed E-state index contributed by atoms with van der Waals surface area (Å²) in [6.45, 7) is 5.42. The number of anilines is 1. The van der Waals surface area contributed by atoms with Gasteiger partial charge in [0.05, 0.1) is 16.2 Å². The molecule has 2 aromatic heterocycles. The summed E-state index contributed by atoms with van der Waals surface area (Å²) in [5, 5.41) is 12.7. The first-order valence-corrected chi connectivity index (χ1v) is 16.9. The third kappa shape index (κ3) is 7.34. The summed E-state index contributed by atoms with van der Waals surface area (Å²) < 4.78 is 33.6. The molecule has 0 spiro atoms. The number of sulfonamides is 1. The second-order valence-corrected chi connectivity index (χ2v) is 15.1. The number of nitrogens with zero attached hydrogens (tertiary/aromatic N) is 4. The number of carboxylic acids is 1. The second-order valence-electron chi connectivity index (χ2n) is 12.2. The molecule has 2 N–H and O–H groups in total. The summed E-state index contributed by atoms with van der Waals surface area (Å²) in [4.78, 5) is 37.0. The number of carbonyl (C=O) groups is 2. The van der Waals surface area contributed by atoms with E-state index in [4.69, 9.17) is 4.74 Å². The molecule has 0 bridgehead atoms. The van der Waals surface area contributed by atoms with Crippen molar-refractivity contribution < 1.29 is 27.9 Å². The van der Waals surface area contributed by atoms with Gasteiger partial charge < -0.3 is 20.1 Å². The number of hydrogen-bond donors (Lipinski definition) is 2. The van der Waals surface area contributed by atoms with Gasteiger partial charge >= 0.3 is 5.97 Å². The van der Waals surface area contributed by atoms with Gasteiger partial charge in [-0.15, -0.1) is 0 Å². The van der Waals surface area contributed by atoms with E-state index < -0.39 is 27.3 Å². The number of carboxylic acid groups (broad SMARTS) is 1. The first-order valence-electron chi connectivity index (χ1n) is 14.7. The third-order valence-corrected chi connectivity index (χ3v) is 11.2. The van der Waals surface area contributed by atoms with Crippen LogP contribution >= 0.6 is 11.3 Å². The van der Waals surface area contributed by atoms with Crippen molar-refractivity contribution in [2.75, 3.05) is 45.2 Å². The number of fused-ring (bicyclic) bond motifs is 1. The summed E-state index contributed by atoms with van der Waals surface area (Å²) in [5.74, 6) is -0.902. The number of pyridine rings is 1. The molecule has 3 aromatic rings. The highest BCUT2D eigenvalue weighted by Crippen LogP contribution is 2.36. The molecule has 1 aromatic carbocycles. The van der Waals surface area contributed by atoms with Crippen molar-refractivity contribution in [3.8, 4) is 5.88 Å². The minimum Gasteiger partial charge on any atom is -0.481 e. The van der Waals surface area contributed by atoms with Crippen molar-refractivity contribution in [3.05, 3.63) is 42.0 Å². The van der Waals surface area contributed by atoms with Crippen LogP contribution in [-0.2, 0) is 19.6 Å². The van der Waals surface area contributed by atoms with Gasteiger partial charge in [0.25, 0.3) is 0 Å². The molecule has 0 radical (unpaired) electrons. The number of carbonyl (C=O) groups excluding carboxylic acids is 1. The van der Waals surface area contributed by atoms with Crippen molar-refractivity contribution in [3.63, 3.8) is 0 Å². The minimum atomic E-state index is -3.60. The minimum absolute atomic E-state index is 0.0401. The van der Waals surface area contributed by atoms with Gasteiger partial charge in [-0.1, -0.05) is 49.2 Å². The van der Waals surface area contributed by atoms with Crippen molar-refractivity contribution in [1.29, 1.82) is 0 Å². The van der Waals surface area contributed by atoms with Gasteiger partial charge in [0.15, 0.2) is 5.13 Å². The van der Waals surface area contributed by atoms with E-state index in [0.717, 1.165) is 31.2 Å². The lowest BCUT2D eigenvalue weighted by Crippen LogP contribution is -2.47. The Labute approximate surface area is 256 Å². The standard InChI is InChI=1S/C30H39N5O6S2/c1-30(2,28(37)38)19-41-25-13-12-24-27(32-25)42-29(31-24)33-26(36)23(18-20-6-4-5-7-20)21-8-10-22(11-9-21)43(39,40)35-16-14-34(3)15-17-35/h8-13,20,23H,4-7,14-19H2,1-3H3,(H,37,38)(H,31,33,36)/t23-/m1/s1. The van der Waals surface area contributed by atoms with Crippen LogP contribution in [0.15, 0.2) is 41.3 Å². The maximum absolute atomic E-state index is 13.7. The van der Waals surface area contributed by atoms with E-state index >= 15 is 0 Å². The van der Waals surface area contributed by atoms with Gasteiger partial charge in [-0.2, -0.15) is 4.31 Å². The topological polar surface area (TPSA) is 142 Å². The van der Waals surface area contributed by atoms with E-state index in [1.54, 1.807) is 50.2 Å². The summed E-state index contributed by atoms with van der Waals surface area (Å²) in [7, 11) is -1.62. The fourth-order valence-corrected chi connectivity index (χ4v) is 7.72. The molecule has 1 saturated heterocycles. The van der Waals surface area contributed by atoms with Gasteiger partial charge in [-0.3, -0.25) is 9.59 Å². The largest absolute Gasteiger partial charge is 0.481 e. The highest BCUT2D eigenvalue weighted by atomic mass is 32.2. The van der Waals surface area contributed by atoms with E-state index in [0.29, 0.717) is 54.0 Å².